The minimum absolute atomic E-state index is 0.605. The largest absolute Gasteiger partial charge is 0.496 e. The maximum Gasteiger partial charge on any atom is 0.135 e. The predicted molar refractivity (Wildman–Crippen MR) is 73.3 cm³/mol. The van der Waals surface area contributed by atoms with Gasteiger partial charge in [0.05, 0.1) is 25.6 Å². The number of nitrogens with zero attached hydrogens (tertiary/aromatic N) is 2. The number of methoxy groups -OCH3 is 1. The first kappa shape index (κ1) is 12.2. The van der Waals surface area contributed by atoms with Crippen LogP contribution in [0.4, 0.5) is 0 Å². The molecule has 1 aliphatic heterocycles. The molecule has 0 N–H and O–H groups in total. The van der Waals surface area contributed by atoms with Crippen LogP contribution in [0.5, 0.6) is 5.75 Å². The van der Waals surface area contributed by atoms with Crippen molar-refractivity contribution in [3.05, 3.63) is 35.3 Å². The minimum atomic E-state index is 0.605. The summed E-state index contributed by atoms with van der Waals surface area (Å²) in [5, 5.41) is 0. The minimum Gasteiger partial charge on any atom is -0.496 e. The Morgan fingerprint density at radius 3 is 2.89 bits per heavy atom. The second-order valence-electron chi connectivity index (χ2n) is 4.90. The van der Waals surface area contributed by atoms with Gasteiger partial charge >= 0.3 is 0 Å². The molecule has 2 heterocycles. The Hall–Kier alpha value is -1.81. The van der Waals surface area contributed by atoms with Gasteiger partial charge in [0.15, 0.2) is 0 Å². The molecule has 0 fully saturated rings. The number of rotatable bonds is 2. The molecule has 0 spiro atoms. The molecule has 0 amide bonds. The van der Waals surface area contributed by atoms with E-state index < -0.39 is 0 Å². The third kappa shape index (κ3) is 2.02. The zero-order valence-electron chi connectivity index (χ0n) is 11.6. The summed E-state index contributed by atoms with van der Waals surface area (Å²) in [4.78, 5) is 4.45. The average molecular weight is 258 g/mol. The van der Waals surface area contributed by atoms with Gasteiger partial charge in [-0.2, -0.15) is 0 Å². The zero-order chi connectivity index (χ0) is 13.4. The van der Waals surface area contributed by atoms with E-state index in [1.165, 1.54) is 16.8 Å². The van der Waals surface area contributed by atoms with Crippen LogP contribution in [-0.2, 0) is 17.9 Å². The van der Waals surface area contributed by atoms with Gasteiger partial charge in [0.1, 0.15) is 18.2 Å². The molecular weight excluding hydrogens is 240 g/mol. The molecule has 1 aliphatic rings. The van der Waals surface area contributed by atoms with Crippen molar-refractivity contribution in [3.8, 4) is 17.0 Å². The highest BCUT2D eigenvalue weighted by atomic mass is 16.5. The molecule has 0 atom stereocenters. The summed E-state index contributed by atoms with van der Waals surface area (Å²) in [6.07, 6.45) is 1.94. The van der Waals surface area contributed by atoms with Crippen molar-refractivity contribution in [1.82, 2.24) is 9.55 Å². The van der Waals surface area contributed by atoms with Crippen LogP contribution in [0.2, 0.25) is 0 Å². The quantitative estimate of drug-likeness (QED) is 0.831. The maximum absolute atomic E-state index is 5.43. The Morgan fingerprint density at radius 2 is 2.11 bits per heavy atom. The van der Waals surface area contributed by atoms with E-state index in [1.807, 2.05) is 6.20 Å². The van der Waals surface area contributed by atoms with E-state index >= 15 is 0 Å². The van der Waals surface area contributed by atoms with Crippen molar-refractivity contribution in [2.45, 2.75) is 27.0 Å². The first-order valence-electron chi connectivity index (χ1n) is 6.48. The summed E-state index contributed by atoms with van der Waals surface area (Å²) in [6, 6.07) is 4.26. The van der Waals surface area contributed by atoms with Crippen LogP contribution in [0.25, 0.3) is 11.3 Å². The molecule has 2 aromatic rings. The topological polar surface area (TPSA) is 36.3 Å². The van der Waals surface area contributed by atoms with E-state index in [0.717, 1.165) is 30.3 Å². The van der Waals surface area contributed by atoms with Crippen LogP contribution in [0.1, 0.15) is 17.0 Å². The highest BCUT2D eigenvalue weighted by Crippen LogP contribution is 2.31. The highest BCUT2D eigenvalue weighted by Gasteiger charge is 2.17. The molecule has 0 saturated heterocycles. The van der Waals surface area contributed by atoms with Crippen molar-refractivity contribution >= 4 is 0 Å². The van der Waals surface area contributed by atoms with Gasteiger partial charge in [-0.05, 0) is 37.1 Å². The molecule has 1 aromatic carbocycles. The lowest BCUT2D eigenvalue weighted by molar-refractivity contribution is 0.0821. The summed E-state index contributed by atoms with van der Waals surface area (Å²) < 4.78 is 13.0. The molecule has 0 bridgehead atoms. The van der Waals surface area contributed by atoms with E-state index in [1.54, 1.807) is 7.11 Å². The van der Waals surface area contributed by atoms with E-state index in [4.69, 9.17) is 9.47 Å². The maximum atomic E-state index is 5.43. The molecular formula is C15H18N2O2. The number of fused-ring (bicyclic) bond motifs is 1. The molecule has 4 heteroatoms. The molecule has 0 unspecified atom stereocenters. The fraction of sp³-hybridized carbons (Fsp3) is 0.400. The van der Waals surface area contributed by atoms with Gasteiger partial charge in [-0.3, -0.25) is 0 Å². The number of aryl methyl sites for hydroxylation is 2. The second kappa shape index (κ2) is 4.70. The summed E-state index contributed by atoms with van der Waals surface area (Å²) in [7, 11) is 1.71. The predicted octanol–water partition coefficient (Wildman–Crippen LogP) is 2.71. The molecule has 100 valence electrons. The van der Waals surface area contributed by atoms with Gasteiger partial charge < -0.3 is 14.0 Å². The molecule has 3 rings (SSSR count). The fourth-order valence-corrected chi connectivity index (χ4v) is 2.60. The van der Waals surface area contributed by atoms with Gasteiger partial charge in [-0.1, -0.05) is 0 Å². The number of aromatic nitrogens is 2. The number of imidazole rings is 1. The third-order valence-electron chi connectivity index (χ3n) is 3.65. The monoisotopic (exact) mass is 258 g/mol. The van der Waals surface area contributed by atoms with Crippen molar-refractivity contribution in [1.29, 1.82) is 0 Å². The standard InChI is InChI=1S/C15H18N2O2/c1-10-7-14(18-3)11(2)6-12(10)13-8-16-15-9-19-5-4-17(13)15/h6-8H,4-5,9H2,1-3H3. The molecule has 0 aliphatic carbocycles. The van der Waals surface area contributed by atoms with Gasteiger partial charge in [0.25, 0.3) is 0 Å². The summed E-state index contributed by atoms with van der Waals surface area (Å²) in [5.74, 6) is 1.94. The second-order valence-corrected chi connectivity index (χ2v) is 4.90. The van der Waals surface area contributed by atoms with E-state index in [9.17, 15) is 0 Å². The van der Waals surface area contributed by atoms with Crippen LogP contribution in [-0.4, -0.2) is 23.3 Å². The lowest BCUT2D eigenvalue weighted by atomic mass is 10.0. The third-order valence-corrected chi connectivity index (χ3v) is 3.65. The molecule has 4 nitrogen and oxygen atoms in total. The number of benzene rings is 1. The Balaban J connectivity index is 2.12. The zero-order valence-corrected chi connectivity index (χ0v) is 11.6. The summed E-state index contributed by atoms with van der Waals surface area (Å²) in [6.45, 7) is 6.41. The normalized spacial score (nSPS) is 14.3. The Labute approximate surface area is 113 Å². The highest BCUT2D eigenvalue weighted by molar-refractivity contribution is 5.66. The van der Waals surface area contributed by atoms with Crippen LogP contribution in [0.15, 0.2) is 18.3 Å². The smallest absolute Gasteiger partial charge is 0.135 e. The van der Waals surface area contributed by atoms with E-state index in [2.05, 4.69) is 35.5 Å². The first-order valence-corrected chi connectivity index (χ1v) is 6.48. The number of ether oxygens (including phenoxy) is 2. The molecule has 0 radical (unpaired) electrons. The average Bonchev–Trinajstić information content (AvgIpc) is 2.84. The Kier molecular flexibility index (Phi) is 3.03. The van der Waals surface area contributed by atoms with E-state index in [-0.39, 0.29) is 0 Å². The van der Waals surface area contributed by atoms with Crippen molar-refractivity contribution < 1.29 is 9.47 Å². The first-order chi connectivity index (χ1) is 9.20. The van der Waals surface area contributed by atoms with Gasteiger partial charge in [0, 0.05) is 12.1 Å². The molecule has 1 aromatic heterocycles. The number of hydrogen-bond acceptors (Lipinski definition) is 3. The SMILES string of the molecule is COc1cc(C)c(-c2cnc3n2CCOC3)cc1C. The van der Waals surface area contributed by atoms with Crippen LogP contribution in [0, 0.1) is 13.8 Å². The van der Waals surface area contributed by atoms with Crippen molar-refractivity contribution in [2.75, 3.05) is 13.7 Å². The van der Waals surface area contributed by atoms with Crippen LogP contribution >= 0.6 is 0 Å². The van der Waals surface area contributed by atoms with Crippen molar-refractivity contribution in [3.63, 3.8) is 0 Å². The Morgan fingerprint density at radius 1 is 1.26 bits per heavy atom. The van der Waals surface area contributed by atoms with Gasteiger partial charge in [-0.25, -0.2) is 4.98 Å². The Bertz CT molecular complexity index is 617. The van der Waals surface area contributed by atoms with Crippen LogP contribution < -0.4 is 4.74 Å². The molecule has 19 heavy (non-hydrogen) atoms. The summed E-state index contributed by atoms with van der Waals surface area (Å²) >= 11 is 0. The van der Waals surface area contributed by atoms with Gasteiger partial charge in [0.2, 0.25) is 0 Å². The summed E-state index contributed by atoms with van der Waals surface area (Å²) in [5.41, 5.74) is 4.74. The lowest BCUT2D eigenvalue weighted by Gasteiger charge is -2.18. The van der Waals surface area contributed by atoms with Crippen molar-refractivity contribution in [2.24, 2.45) is 0 Å². The van der Waals surface area contributed by atoms with Crippen LogP contribution in [0.3, 0.4) is 0 Å². The number of hydrogen-bond donors (Lipinski definition) is 0. The van der Waals surface area contributed by atoms with E-state index in [0.29, 0.717) is 6.61 Å². The lowest BCUT2D eigenvalue weighted by Crippen LogP contribution is -2.17. The van der Waals surface area contributed by atoms with Gasteiger partial charge in [-0.15, -0.1) is 0 Å². The fourth-order valence-electron chi connectivity index (χ4n) is 2.60. The molecule has 0 saturated carbocycles.